The maximum atomic E-state index is 12.1. The highest BCUT2D eigenvalue weighted by Crippen LogP contribution is 2.16. The zero-order valence-corrected chi connectivity index (χ0v) is 13.0. The summed E-state index contributed by atoms with van der Waals surface area (Å²) in [5, 5.41) is 6.44. The molecule has 0 spiro atoms. The van der Waals surface area contributed by atoms with Crippen LogP contribution in [0.4, 0.5) is 0 Å². The Kier molecular flexibility index (Phi) is 7.39. The fourth-order valence-electron chi connectivity index (χ4n) is 3.01. The van der Waals surface area contributed by atoms with E-state index in [1.165, 1.54) is 6.42 Å². The number of rotatable bonds is 7. The lowest BCUT2D eigenvalue weighted by molar-refractivity contribution is -0.124. The Balaban J connectivity index is 2.44. The molecule has 0 aromatic carbocycles. The van der Waals surface area contributed by atoms with Crippen LogP contribution in [0.3, 0.4) is 0 Å². The zero-order chi connectivity index (χ0) is 14.3. The van der Waals surface area contributed by atoms with Crippen molar-refractivity contribution in [1.29, 1.82) is 0 Å². The van der Waals surface area contributed by atoms with Gasteiger partial charge in [-0.25, -0.2) is 0 Å². The van der Waals surface area contributed by atoms with Gasteiger partial charge in [0.15, 0.2) is 0 Å². The van der Waals surface area contributed by atoms with Crippen LogP contribution in [0.1, 0.15) is 46.0 Å². The first-order valence-electron chi connectivity index (χ1n) is 7.77. The molecule has 2 N–H and O–H groups in total. The SMILES string of the molecule is CCC(CC)C(CNC(=O)[C@H]1CCCCN1)N(C)C. The Morgan fingerprint density at radius 3 is 2.47 bits per heavy atom. The van der Waals surface area contributed by atoms with Crippen LogP contribution in [-0.4, -0.2) is 50.1 Å². The van der Waals surface area contributed by atoms with Gasteiger partial charge in [-0.15, -0.1) is 0 Å². The van der Waals surface area contributed by atoms with E-state index < -0.39 is 0 Å². The molecule has 1 unspecified atom stereocenters. The lowest BCUT2D eigenvalue weighted by Crippen LogP contribution is -2.51. The van der Waals surface area contributed by atoms with Gasteiger partial charge in [-0.3, -0.25) is 4.79 Å². The molecule has 0 radical (unpaired) electrons. The average molecular weight is 269 g/mol. The third-order valence-corrected chi connectivity index (χ3v) is 4.37. The molecule has 1 fully saturated rings. The summed E-state index contributed by atoms with van der Waals surface area (Å²) >= 11 is 0. The normalized spacial score (nSPS) is 21.7. The highest BCUT2D eigenvalue weighted by atomic mass is 16.2. The summed E-state index contributed by atoms with van der Waals surface area (Å²) in [6.07, 6.45) is 5.66. The maximum absolute atomic E-state index is 12.1. The highest BCUT2D eigenvalue weighted by molar-refractivity contribution is 5.81. The van der Waals surface area contributed by atoms with Crippen LogP contribution in [0.15, 0.2) is 0 Å². The van der Waals surface area contributed by atoms with Crippen LogP contribution in [-0.2, 0) is 4.79 Å². The van der Waals surface area contributed by atoms with E-state index in [1.54, 1.807) is 0 Å². The van der Waals surface area contributed by atoms with E-state index in [1.807, 2.05) is 0 Å². The molecule has 4 heteroatoms. The number of amides is 1. The minimum Gasteiger partial charge on any atom is -0.353 e. The topological polar surface area (TPSA) is 44.4 Å². The van der Waals surface area contributed by atoms with Gasteiger partial charge in [0.1, 0.15) is 0 Å². The van der Waals surface area contributed by atoms with E-state index in [4.69, 9.17) is 0 Å². The van der Waals surface area contributed by atoms with Crippen molar-refractivity contribution in [1.82, 2.24) is 15.5 Å². The molecule has 0 bridgehead atoms. The molecule has 0 saturated carbocycles. The van der Waals surface area contributed by atoms with Gasteiger partial charge >= 0.3 is 0 Å². The van der Waals surface area contributed by atoms with E-state index in [9.17, 15) is 4.79 Å². The second kappa shape index (κ2) is 8.54. The molecule has 0 aliphatic carbocycles. The molecule has 4 nitrogen and oxygen atoms in total. The maximum Gasteiger partial charge on any atom is 0.237 e. The van der Waals surface area contributed by atoms with Crippen LogP contribution in [0.2, 0.25) is 0 Å². The lowest BCUT2D eigenvalue weighted by Gasteiger charge is -2.32. The number of piperidine rings is 1. The number of hydrogen-bond acceptors (Lipinski definition) is 3. The van der Waals surface area contributed by atoms with Gasteiger partial charge in [0, 0.05) is 12.6 Å². The number of nitrogens with one attached hydrogen (secondary N) is 2. The Morgan fingerprint density at radius 1 is 1.32 bits per heavy atom. The quantitative estimate of drug-likeness (QED) is 0.738. The van der Waals surface area contributed by atoms with E-state index in [-0.39, 0.29) is 11.9 Å². The molecular formula is C15H31N3O. The summed E-state index contributed by atoms with van der Waals surface area (Å²) in [5.41, 5.74) is 0. The molecule has 0 aromatic heterocycles. The second-order valence-corrected chi connectivity index (χ2v) is 5.86. The molecule has 1 heterocycles. The molecule has 1 rings (SSSR count). The monoisotopic (exact) mass is 269 g/mol. The van der Waals surface area contributed by atoms with Crippen LogP contribution >= 0.6 is 0 Å². The Labute approximate surface area is 118 Å². The van der Waals surface area contributed by atoms with Crippen LogP contribution in [0, 0.1) is 5.92 Å². The van der Waals surface area contributed by atoms with Crippen LogP contribution in [0.25, 0.3) is 0 Å². The average Bonchev–Trinajstić information content (AvgIpc) is 2.43. The van der Waals surface area contributed by atoms with Crippen molar-refractivity contribution in [2.75, 3.05) is 27.2 Å². The molecular weight excluding hydrogens is 238 g/mol. The summed E-state index contributed by atoms with van der Waals surface area (Å²) in [6, 6.07) is 0.459. The van der Waals surface area contributed by atoms with Gasteiger partial charge in [0.25, 0.3) is 0 Å². The third-order valence-electron chi connectivity index (χ3n) is 4.37. The van der Waals surface area contributed by atoms with Crippen molar-refractivity contribution in [2.45, 2.75) is 58.0 Å². The molecule has 112 valence electrons. The summed E-state index contributed by atoms with van der Waals surface area (Å²) in [7, 11) is 4.21. The van der Waals surface area contributed by atoms with Gasteiger partial charge in [-0.05, 0) is 39.4 Å². The number of hydrogen-bond donors (Lipinski definition) is 2. The minimum atomic E-state index is 0.0262. The lowest BCUT2D eigenvalue weighted by atomic mass is 9.93. The highest BCUT2D eigenvalue weighted by Gasteiger charge is 2.24. The number of carbonyl (C=O) groups is 1. The largest absolute Gasteiger partial charge is 0.353 e. The van der Waals surface area contributed by atoms with Gasteiger partial charge in [0.2, 0.25) is 5.91 Å². The molecule has 19 heavy (non-hydrogen) atoms. The third kappa shape index (κ3) is 5.11. The molecule has 0 aromatic rings. The molecule has 1 aliphatic rings. The predicted molar refractivity (Wildman–Crippen MR) is 80.2 cm³/mol. The second-order valence-electron chi connectivity index (χ2n) is 5.86. The van der Waals surface area contributed by atoms with Gasteiger partial charge < -0.3 is 15.5 Å². The molecule has 1 saturated heterocycles. The molecule has 1 aliphatic heterocycles. The standard InChI is InChI=1S/C15H31N3O/c1-5-12(6-2)14(18(3)4)11-17-15(19)13-9-7-8-10-16-13/h12-14,16H,5-11H2,1-4H3,(H,17,19)/t13-,14?/m1/s1. The van der Waals surface area contributed by atoms with Crippen LogP contribution in [0.5, 0.6) is 0 Å². The first-order valence-corrected chi connectivity index (χ1v) is 7.77. The molecule has 2 atom stereocenters. The van der Waals surface area contributed by atoms with Crippen molar-refractivity contribution in [3.8, 4) is 0 Å². The summed E-state index contributed by atoms with van der Waals surface area (Å²) in [5.74, 6) is 0.826. The van der Waals surface area contributed by atoms with E-state index in [0.29, 0.717) is 12.0 Å². The fourth-order valence-corrected chi connectivity index (χ4v) is 3.01. The Bertz CT molecular complexity index is 258. The molecule has 1 amide bonds. The number of carbonyl (C=O) groups excluding carboxylic acids is 1. The predicted octanol–water partition coefficient (Wildman–Crippen LogP) is 1.61. The Morgan fingerprint density at radius 2 is 2.00 bits per heavy atom. The number of nitrogens with zero attached hydrogens (tertiary/aromatic N) is 1. The van der Waals surface area contributed by atoms with E-state index in [0.717, 1.165) is 38.8 Å². The van der Waals surface area contributed by atoms with Crippen LogP contribution < -0.4 is 10.6 Å². The van der Waals surface area contributed by atoms with Crippen molar-refractivity contribution in [2.24, 2.45) is 5.92 Å². The van der Waals surface area contributed by atoms with Gasteiger partial charge in [-0.1, -0.05) is 33.1 Å². The Hall–Kier alpha value is -0.610. The minimum absolute atomic E-state index is 0.0262. The van der Waals surface area contributed by atoms with Crippen molar-refractivity contribution >= 4 is 5.91 Å². The fraction of sp³-hybridized carbons (Fsp3) is 0.933. The van der Waals surface area contributed by atoms with Gasteiger partial charge in [-0.2, -0.15) is 0 Å². The zero-order valence-electron chi connectivity index (χ0n) is 13.0. The van der Waals surface area contributed by atoms with E-state index >= 15 is 0 Å². The first-order chi connectivity index (χ1) is 9.10. The first kappa shape index (κ1) is 16.4. The summed E-state index contributed by atoms with van der Waals surface area (Å²) in [6.45, 7) is 6.20. The summed E-state index contributed by atoms with van der Waals surface area (Å²) < 4.78 is 0. The number of likely N-dealkylation sites (N-methyl/N-ethyl adjacent to an activating group) is 1. The smallest absolute Gasteiger partial charge is 0.237 e. The van der Waals surface area contributed by atoms with Crippen molar-refractivity contribution in [3.63, 3.8) is 0 Å². The van der Waals surface area contributed by atoms with E-state index in [2.05, 4.69) is 43.5 Å². The van der Waals surface area contributed by atoms with Crippen molar-refractivity contribution in [3.05, 3.63) is 0 Å². The van der Waals surface area contributed by atoms with Gasteiger partial charge in [0.05, 0.1) is 6.04 Å². The summed E-state index contributed by atoms with van der Waals surface area (Å²) in [4.78, 5) is 14.4. The van der Waals surface area contributed by atoms with Crippen molar-refractivity contribution < 1.29 is 4.79 Å².